The summed E-state index contributed by atoms with van der Waals surface area (Å²) in [4.78, 5) is 55.2. The van der Waals surface area contributed by atoms with E-state index >= 15 is 0 Å². The second kappa shape index (κ2) is 10.1. The van der Waals surface area contributed by atoms with Gasteiger partial charge in [-0.25, -0.2) is 4.90 Å². The van der Waals surface area contributed by atoms with Crippen LogP contribution < -0.4 is 15.1 Å². The second-order valence-corrected chi connectivity index (χ2v) is 12.2. The lowest BCUT2D eigenvalue weighted by atomic mass is 9.83. The van der Waals surface area contributed by atoms with Crippen molar-refractivity contribution in [1.82, 2.24) is 4.57 Å². The molecule has 3 amide bonds. The smallest absolute Gasteiger partial charge is 0.308 e. The van der Waals surface area contributed by atoms with Crippen LogP contribution in [0.25, 0.3) is 0 Å². The monoisotopic (exact) mass is 621 g/mol. The standard InChI is InChI=1S/C28H20BrN3O5S2/c29-16-6-4-5-15(13-16)21-22-23(26(36)32(25(22)35)18-7-2-1-3-8-18)38-27-24(21)39-28(37)31(27)14-20(34)30-17-9-11-19(33)12-10-17/h1-13,21-23,33H,14H2,(H,30,34)/t21-,22-,23+/m0/s1. The fraction of sp³-hybridized carbons (Fsp3) is 0.143. The maximum Gasteiger partial charge on any atom is 0.308 e. The number of anilines is 2. The zero-order chi connectivity index (χ0) is 27.3. The quantitative estimate of drug-likeness (QED) is 0.244. The number of fused-ring (bicyclic) bond motifs is 2. The van der Waals surface area contributed by atoms with Crippen LogP contribution in [0.1, 0.15) is 16.4 Å². The number of halogens is 1. The third-order valence-electron chi connectivity index (χ3n) is 6.72. The summed E-state index contributed by atoms with van der Waals surface area (Å²) in [5.41, 5.74) is 1.79. The summed E-state index contributed by atoms with van der Waals surface area (Å²) in [6.07, 6.45) is 0. The van der Waals surface area contributed by atoms with Crippen LogP contribution >= 0.6 is 39.0 Å². The van der Waals surface area contributed by atoms with Crippen molar-refractivity contribution in [3.8, 4) is 5.75 Å². The molecule has 3 atom stereocenters. The number of carbonyl (C=O) groups excluding carboxylic acids is 3. The predicted molar refractivity (Wildman–Crippen MR) is 153 cm³/mol. The minimum absolute atomic E-state index is 0.0704. The molecule has 0 bridgehead atoms. The van der Waals surface area contributed by atoms with E-state index in [-0.39, 0.29) is 29.0 Å². The van der Waals surface area contributed by atoms with Crippen LogP contribution in [0.4, 0.5) is 11.4 Å². The van der Waals surface area contributed by atoms with E-state index in [0.29, 0.717) is 21.3 Å². The van der Waals surface area contributed by atoms with E-state index in [2.05, 4.69) is 21.2 Å². The van der Waals surface area contributed by atoms with Crippen LogP contribution in [0.15, 0.2) is 93.2 Å². The number of nitrogens with one attached hydrogen (secondary N) is 1. The van der Waals surface area contributed by atoms with Gasteiger partial charge in [0.1, 0.15) is 17.5 Å². The van der Waals surface area contributed by atoms with E-state index in [0.717, 1.165) is 21.4 Å². The molecule has 1 aromatic heterocycles. The van der Waals surface area contributed by atoms with Crippen LogP contribution in [-0.2, 0) is 20.9 Å². The van der Waals surface area contributed by atoms with Crippen molar-refractivity contribution in [3.05, 3.63) is 103 Å². The number of aromatic hydroxyl groups is 1. The molecule has 0 aliphatic carbocycles. The lowest BCUT2D eigenvalue weighted by Crippen LogP contribution is -2.33. The molecule has 3 heterocycles. The van der Waals surface area contributed by atoms with Gasteiger partial charge in [0.15, 0.2) is 0 Å². The van der Waals surface area contributed by atoms with Gasteiger partial charge in [-0.2, -0.15) is 0 Å². The first kappa shape index (κ1) is 25.6. The number of benzene rings is 3. The molecule has 3 aromatic carbocycles. The van der Waals surface area contributed by atoms with Gasteiger partial charge in [-0.15, -0.1) is 0 Å². The predicted octanol–water partition coefficient (Wildman–Crippen LogP) is 4.81. The Morgan fingerprint density at radius 1 is 0.949 bits per heavy atom. The van der Waals surface area contributed by atoms with E-state index in [9.17, 15) is 24.3 Å². The van der Waals surface area contributed by atoms with Crippen molar-refractivity contribution in [2.75, 3.05) is 10.2 Å². The number of thiazole rings is 1. The number of hydrogen-bond acceptors (Lipinski definition) is 7. The van der Waals surface area contributed by atoms with Crippen LogP contribution in [0.2, 0.25) is 0 Å². The van der Waals surface area contributed by atoms with Crippen molar-refractivity contribution >= 4 is 68.1 Å². The Morgan fingerprint density at radius 3 is 2.41 bits per heavy atom. The van der Waals surface area contributed by atoms with Gasteiger partial charge >= 0.3 is 4.87 Å². The van der Waals surface area contributed by atoms with E-state index in [1.165, 1.54) is 33.4 Å². The Bertz CT molecular complexity index is 1670. The van der Waals surface area contributed by atoms with E-state index in [1.54, 1.807) is 36.4 Å². The minimum atomic E-state index is -0.755. The summed E-state index contributed by atoms with van der Waals surface area (Å²) in [6, 6.07) is 22.4. The topological polar surface area (TPSA) is 109 Å². The Kier molecular flexibility index (Phi) is 6.66. The summed E-state index contributed by atoms with van der Waals surface area (Å²) in [7, 11) is 0. The van der Waals surface area contributed by atoms with Gasteiger partial charge in [0, 0.05) is 21.0 Å². The van der Waals surface area contributed by atoms with Crippen molar-refractivity contribution in [3.63, 3.8) is 0 Å². The first-order chi connectivity index (χ1) is 18.8. The van der Waals surface area contributed by atoms with Gasteiger partial charge in [0.05, 0.1) is 16.6 Å². The zero-order valence-corrected chi connectivity index (χ0v) is 23.3. The summed E-state index contributed by atoms with van der Waals surface area (Å²) in [6.45, 7) is -0.258. The summed E-state index contributed by atoms with van der Waals surface area (Å²) in [5.74, 6) is -2.25. The molecule has 2 aliphatic heterocycles. The van der Waals surface area contributed by atoms with E-state index in [1.807, 2.05) is 30.3 Å². The highest BCUT2D eigenvalue weighted by Gasteiger charge is 2.56. The second-order valence-electron chi connectivity index (χ2n) is 9.16. The third kappa shape index (κ3) is 4.60. The third-order valence-corrected chi connectivity index (χ3v) is 9.82. The maximum absolute atomic E-state index is 13.8. The molecule has 0 radical (unpaired) electrons. The Balaban J connectivity index is 1.41. The van der Waals surface area contributed by atoms with Crippen LogP contribution in [0.5, 0.6) is 5.75 Å². The molecule has 1 fully saturated rings. The normalized spacial score (nSPS) is 20.0. The number of phenols is 1. The molecule has 0 unspecified atom stereocenters. The van der Waals surface area contributed by atoms with Crippen molar-refractivity contribution in [1.29, 1.82) is 0 Å². The molecular weight excluding hydrogens is 602 g/mol. The van der Waals surface area contributed by atoms with Crippen LogP contribution in [0.3, 0.4) is 0 Å². The summed E-state index contributed by atoms with van der Waals surface area (Å²) in [5, 5.41) is 12.0. The van der Waals surface area contributed by atoms with E-state index in [4.69, 9.17) is 0 Å². The van der Waals surface area contributed by atoms with Crippen LogP contribution in [-0.4, -0.2) is 32.6 Å². The molecule has 0 saturated carbocycles. The average Bonchev–Trinajstić information content (AvgIpc) is 3.36. The van der Waals surface area contributed by atoms with Gasteiger partial charge in [0.25, 0.3) is 0 Å². The van der Waals surface area contributed by atoms with E-state index < -0.39 is 23.0 Å². The molecule has 196 valence electrons. The minimum Gasteiger partial charge on any atom is -0.508 e. The number of para-hydroxylation sites is 1. The fourth-order valence-electron chi connectivity index (χ4n) is 5.03. The number of amides is 3. The average molecular weight is 623 g/mol. The largest absolute Gasteiger partial charge is 0.508 e. The van der Waals surface area contributed by atoms with Gasteiger partial charge in [0.2, 0.25) is 17.7 Å². The van der Waals surface area contributed by atoms with Crippen molar-refractivity contribution in [2.24, 2.45) is 5.92 Å². The Labute approximate surface area is 239 Å². The number of aromatic nitrogens is 1. The molecule has 11 heteroatoms. The number of carbonyl (C=O) groups is 3. The number of nitrogens with zero attached hydrogens (tertiary/aromatic N) is 2. The molecule has 2 N–H and O–H groups in total. The number of phenolic OH excluding ortho intramolecular Hbond substituents is 1. The number of hydrogen-bond donors (Lipinski definition) is 2. The van der Waals surface area contributed by atoms with Crippen molar-refractivity contribution < 1.29 is 19.5 Å². The first-order valence-corrected chi connectivity index (χ1v) is 14.5. The van der Waals surface area contributed by atoms with Gasteiger partial charge in [-0.3, -0.25) is 23.7 Å². The molecule has 8 nitrogen and oxygen atoms in total. The summed E-state index contributed by atoms with van der Waals surface area (Å²) >= 11 is 5.68. The molecule has 4 aromatic rings. The number of rotatable bonds is 5. The highest BCUT2D eigenvalue weighted by atomic mass is 79.9. The first-order valence-electron chi connectivity index (χ1n) is 12.0. The van der Waals surface area contributed by atoms with Gasteiger partial charge in [-0.05, 0) is 54.1 Å². The Hall–Kier alpha value is -3.67. The summed E-state index contributed by atoms with van der Waals surface area (Å²) < 4.78 is 2.19. The fourth-order valence-corrected chi connectivity index (χ4v) is 8.23. The number of thioether (sulfide) groups is 1. The highest BCUT2D eigenvalue weighted by Crippen LogP contribution is 2.54. The highest BCUT2D eigenvalue weighted by molar-refractivity contribution is 9.10. The Morgan fingerprint density at radius 2 is 1.69 bits per heavy atom. The molecule has 0 spiro atoms. The molecular formula is C28H20BrN3O5S2. The van der Waals surface area contributed by atoms with Gasteiger partial charge < -0.3 is 10.4 Å². The van der Waals surface area contributed by atoms with Gasteiger partial charge in [-0.1, -0.05) is 69.4 Å². The van der Waals surface area contributed by atoms with Crippen LogP contribution in [0, 0.1) is 5.92 Å². The molecule has 2 aliphatic rings. The molecule has 6 rings (SSSR count). The maximum atomic E-state index is 13.8. The lowest BCUT2D eigenvalue weighted by Gasteiger charge is -2.30. The zero-order valence-electron chi connectivity index (χ0n) is 20.1. The number of imide groups is 1. The van der Waals surface area contributed by atoms with Crippen molar-refractivity contribution in [2.45, 2.75) is 22.7 Å². The molecule has 39 heavy (non-hydrogen) atoms. The molecule has 1 saturated heterocycles. The SMILES string of the molecule is O=C(Cn1c2c(sc1=O)[C@@H](c1cccc(Br)c1)[C@@H]1C(=O)N(c3ccccc3)C(=O)[C@@H]1S2)Nc1ccc(O)cc1. The lowest BCUT2D eigenvalue weighted by molar-refractivity contribution is -0.122.